The summed E-state index contributed by atoms with van der Waals surface area (Å²) in [6, 6.07) is 5.22. The summed E-state index contributed by atoms with van der Waals surface area (Å²) in [4.78, 5) is 26.8. The molecule has 2 unspecified atom stereocenters. The lowest BCUT2D eigenvalue weighted by Crippen LogP contribution is -2.56. The van der Waals surface area contributed by atoms with Gasteiger partial charge in [0.05, 0.1) is 24.1 Å². The van der Waals surface area contributed by atoms with Gasteiger partial charge in [0.1, 0.15) is 11.3 Å². The van der Waals surface area contributed by atoms with Crippen LogP contribution in [0.1, 0.15) is 31.4 Å². The van der Waals surface area contributed by atoms with Crippen LogP contribution in [-0.2, 0) is 16.0 Å². The van der Waals surface area contributed by atoms with Crippen LogP contribution in [0.4, 0.5) is 0 Å². The van der Waals surface area contributed by atoms with Crippen molar-refractivity contribution in [3.8, 4) is 5.75 Å². The second-order valence-electron chi connectivity index (χ2n) is 8.06. The number of ether oxygens (including phenoxy) is 2. The molecule has 7 nitrogen and oxygen atoms in total. The van der Waals surface area contributed by atoms with Crippen LogP contribution in [0.2, 0.25) is 0 Å². The molecule has 2 fully saturated rings. The Morgan fingerprint density at radius 1 is 1.38 bits per heavy atom. The minimum atomic E-state index is -0.652. The number of aryl methyl sites for hydroxylation is 2. The highest BCUT2D eigenvalue weighted by molar-refractivity contribution is 5.88. The quantitative estimate of drug-likeness (QED) is 0.791. The summed E-state index contributed by atoms with van der Waals surface area (Å²) >= 11 is 0. The minimum absolute atomic E-state index is 0.0512. The van der Waals surface area contributed by atoms with Gasteiger partial charge in [0.2, 0.25) is 0 Å². The fraction of sp³-hybridized carbons (Fsp3) is 0.545. The predicted molar refractivity (Wildman–Crippen MR) is 109 cm³/mol. The van der Waals surface area contributed by atoms with Crippen LogP contribution in [0.15, 0.2) is 27.4 Å². The first-order valence-corrected chi connectivity index (χ1v) is 10.3. The van der Waals surface area contributed by atoms with Gasteiger partial charge in [0.15, 0.2) is 6.10 Å². The maximum atomic E-state index is 13.1. The zero-order valence-corrected chi connectivity index (χ0v) is 17.2. The van der Waals surface area contributed by atoms with Gasteiger partial charge in [-0.3, -0.25) is 4.79 Å². The normalized spacial score (nSPS) is 22.9. The monoisotopic (exact) mass is 400 g/mol. The largest absolute Gasteiger partial charge is 0.480 e. The Bertz CT molecular complexity index is 977. The Morgan fingerprint density at radius 2 is 2.21 bits per heavy atom. The third-order valence-corrected chi connectivity index (χ3v) is 5.83. The van der Waals surface area contributed by atoms with Crippen LogP contribution in [-0.4, -0.2) is 55.3 Å². The summed E-state index contributed by atoms with van der Waals surface area (Å²) in [6.45, 7) is 9.04. The second kappa shape index (κ2) is 7.80. The standard InChI is InChI=1S/C22H28N2O5/c1-4-16-11-19(25)29-18-10-14(2)9-17(20(16)18)28-15(3)21(26)24-7-8-27-22(13-24)5-6-23-12-22/h9-11,15,23H,4-8,12-13H2,1-3H3. The fourth-order valence-electron chi connectivity index (χ4n) is 4.35. The number of rotatable bonds is 4. The molecular formula is C22H28N2O5. The highest BCUT2D eigenvalue weighted by Gasteiger charge is 2.41. The number of hydrogen-bond donors (Lipinski definition) is 1. The van der Waals surface area contributed by atoms with Crippen molar-refractivity contribution in [2.24, 2.45) is 0 Å². The van der Waals surface area contributed by atoms with Crippen LogP contribution >= 0.6 is 0 Å². The Hall–Kier alpha value is -2.38. The first-order chi connectivity index (χ1) is 13.9. The zero-order chi connectivity index (χ0) is 20.6. The van der Waals surface area contributed by atoms with Crippen LogP contribution in [0.25, 0.3) is 11.0 Å². The van der Waals surface area contributed by atoms with Crippen molar-refractivity contribution >= 4 is 16.9 Å². The van der Waals surface area contributed by atoms with E-state index in [0.29, 0.717) is 37.4 Å². The van der Waals surface area contributed by atoms with Crippen molar-refractivity contribution in [3.05, 3.63) is 39.7 Å². The number of amides is 1. The minimum Gasteiger partial charge on any atom is -0.480 e. The number of morpholine rings is 1. The van der Waals surface area contributed by atoms with E-state index in [4.69, 9.17) is 13.9 Å². The molecule has 2 saturated heterocycles. The van der Waals surface area contributed by atoms with E-state index in [-0.39, 0.29) is 17.1 Å². The van der Waals surface area contributed by atoms with Gasteiger partial charge in [0.25, 0.3) is 5.91 Å². The number of carbonyl (C=O) groups excluding carboxylic acids is 1. The zero-order valence-electron chi connectivity index (χ0n) is 17.2. The van der Waals surface area contributed by atoms with Gasteiger partial charge in [-0.05, 0) is 56.5 Å². The van der Waals surface area contributed by atoms with Gasteiger partial charge >= 0.3 is 5.63 Å². The molecule has 2 aromatic rings. The number of nitrogens with one attached hydrogen (secondary N) is 1. The maximum absolute atomic E-state index is 13.1. The maximum Gasteiger partial charge on any atom is 0.336 e. The van der Waals surface area contributed by atoms with E-state index in [9.17, 15) is 9.59 Å². The van der Waals surface area contributed by atoms with Gasteiger partial charge in [-0.2, -0.15) is 0 Å². The van der Waals surface area contributed by atoms with E-state index in [1.165, 1.54) is 6.07 Å². The Labute approximate surface area is 170 Å². The Kier molecular flexibility index (Phi) is 5.36. The van der Waals surface area contributed by atoms with E-state index in [1.807, 2.05) is 30.9 Å². The molecule has 7 heteroatoms. The molecule has 2 aliphatic rings. The molecule has 4 rings (SSSR count). The highest BCUT2D eigenvalue weighted by Crippen LogP contribution is 2.31. The topological polar surface area (TPSA) is 81.0 Å². The SMILES string of the molecule is CCc1cc(=O)oc2cc(C)cc(OC(C)C(=O)N3CCOC4(CCNC4)C3)c12. The molecule has 0 bridgehead atoms. The number of carbonyl (C=O) groups is 1. The van der Waals surface area contributed by atoms with Crippen LogP contribution < -0.4 is 15.7 Å². The summed E-state index contributed by atoms with van der Waals surface area (Å²) in [5.41, 5.74) is 1.60. The molecule has 2 aliphatic heterocycles. The Morgan fingerprint density at radius 3 is 2.93 bits per heavy atom. The van der Waals surface area contributed by atoms with Gasteiger partial charge in [-0.25, -0.2) is 4.79 Å². The predicted octanol–water partition coefficient (Wildman–Crippen LogP) is 2.02. The number of nitrogens with zero attached hydrogens (tertiary/aromatic N) is 1. The summed E-state index contributed by atoms with van der Waals surface area (Å²) in [5, 5.41) is 4.08. The van der Waals surface area contributed by atoms with Crippen molar-refractivity contribution in [2.45, 2.75) is 45.3 Å². The molecule has 0 radical (unpaired) electrons. The molecule has 156 valence electrons. The van der Waals surface area contributed by atoms with Crippen molar-refractivity contribution in [1.29, 1.82) is 0 Å². The third-order valence-electron chi connectivity index (χ3n) is 5.83. The second-order valence-corrected chi connectivity index (χ2v) is 8.06. The molecule has 2 atom stereocenters. The van der Waals surface area contributed by atoms with E-state index in [0.717, 1.165) is 36.0 Å². The van der Waals surface area contributed by atoms with Gasteiger partial charge in [-0.1, -0.05) is 6.92 Å². The van der Waals surface area contributed by atoms with Gasteiger partial charge in [0, 0.05) is 19.2 Å². The first kappa shape index (κ1) is 19.9. The van der Waals surface area contributed by atoms with Crippen LogP contribution in [0.3, 0.4) is 0 Å². The van der Waals surface area contributed by atoms with Crippen molar-refractivity contribution in [1.82, 2.24) is 10.2 Å². The third kappa shape index (κ3) is 3.89. The average Bonchev–Trinajstić information content (AvgIpc) is 3.13. The van der Waals surface area contributed by atoms with E-state index in [2.05, 4.69) is 5.32 Å². The number of benzene rings is 1. The smallest absolute Gasteiger partial charge is 0.336 e. The average molecular weight is 400 g/mol. The summed E-state index contributed by atoms with van der Waals surface area (Å²) < 4.78 is 17.5. The molecule has 1 aromatic heterocycles. The van der Waals surface area contributed by atoms with Crippen LogP contribution in [0, 0.1) is 6.92 Å². The van der Waals surface area contributed by atoms with Gasteiger partial charge < -0.3 is 24.1 Å². The first-order valence-electron chi connectivity index (χ1n) is 10.3. The van der Waals surface area contributed by atoms with Gasteiger partial charge in [-0.15, -0.1) is 0 Å². The van der Waals surface area contributed by atoms with E-state index < -0.39 is 6.10 Å². The van der Waals surface area contributed by atoms with Crippen LogP contribution in [0.5, 0.6) is 5.75 Å². The summed E-state index contributed by atoms with van der Waals surface area (Å²) in [5.74, 6) is 0.525. The molecule has 1 amide bonds. The Balaban J connectivity index is 1.59. The number of fused-ring (bicyclic) bond motifs is 1. The fourth-order valence-corrected chi connectivity index (χ4v) is 4.35. The molecule has 0 saturated carbocycles. The van der Waals surface area contributed by atoms with E-state index in [1.54, 1.807) is 6.92 Å². The van der Waals surface area contributed by atoms with E-state index >= 15 is 0 Å². The van der Waals surface area contributed by atoms with Crippen molar-refractivity contribution in [2.75, 3.05) is 32.8 Å². The van der Waals surface area contributed by atoms with Crippen molar-refractivity contribution < 1.29 is 18.7 Å². The van der Waals surface area contributed by atoms with Crippen molar-refractivity contribution in [3.63, 3.8) is 0 Å². The highest BCUT2D eigenvalue weighted by atomic mass is 16.5. The summed E-state index contributed by atoms with van der Waals surface area (Å²) in [7, 11) is 0. The molecule has 1 N–H and O–H groups in total. The lowest BCUT2D eigenvalue weighted by molar-refractivity contribution is -0.153. The summed E-state index contributed by atoms with van der Waals surface area (Å²) in [6.07, 6.45) is 0.928. The molecule has 29 heavy (non-hydrogen) atoms. The molecule has 1 aromatic carbocycles. The molecule has 3 heterocycles. The lowest BCUT2D eigenvalue weighted by Gasteiger charge is -2.40. The molecule has 0 aliphatic carbocycles. The molecular weight excluding hydrogens is 372 g/mol. The molecule has 1 spiro atoms. The number of hydrogen-bond acceptors (Lipinski definition) is 6. The lowest BCUT2D eigenvalue weighted by atomic mass is 10.0.